The molecule has 0 unspecified atom stereocenters. The molecule has 0 bridgehead atoms. The Balaban J connectivity index is 1.56. The minimum Gasteiger partial charge on any atom is -0.335 e. The van der Waals surface area contributed by atoms with Crippen LogP contribution in [0, 0.1) is 6.92 Å². The monoisotopic (exact) mass is 429 g/mol. The second kappa shape index (κ2) is 9.64. The van der Waals surface area contributed by atoms with Crippen LogP contribution in [0.4, 0.5) is 0 Å². The molecule has 0 saturated carbocycles. The van der Waals surface area contributed by atoms with Crippen LogP contribution < -0.4 is 0 Å². The van der Waals surface area contributed by atoms with Gasteiger partial charge in [-0.15, -0.1) is 4.80 Å². The van der Waals surface area contributed by atoms with Crippen molar-refractivity contribution >= 4 is 16.8 Å². The lowest BCUT2D eigenvalue weighted by Crippen LogP contribution is -2.41. The Morgan fingerprint density at radius 3 is 2.59 bits per heavy atom. The van der Waals surface area contributed by atoms with Gasteiger partial charge in [0.2, 0.25) is 0 Å². The number of hydrogen-bond donors (Lipinski definition) is 0. The highest BCUT2D eigenvalue weighted by atomic mass is 16.2. The number of nitrogens with zero attached hydrogens (tertiary/aromatic N) is 7. The van der Waals surface area contributed by atoms with Crippen LogP contribution in [-0.4, -0.2) is 53.3 Å². The number of benzene rings is 1. The zero-order valence-electron chi connectivity index (χ0n) is 18.6. The summed E-state index contributed by atoms with van der Waals surface area (Å²) >= 11 is 0. The fourth-order valence-corrected chi connectivity index (χ4v) is 3.92. The van der Waals surface area contributed by atoms with Crippen LogP contribution in [0.2, 0.25) is 0 Å². The average Bonchev–Trinajstić information content (AvgIpc) is 3.36. The molecule has 0 aliphatic heterocycles. The molecule has 3 heterocycles. The van der Waals surface area contributed by atoms with Gasteiger partial charge in [0, 0.05) is 36.3 Å². The second-order valence-electron chi connectivity index (χ2n) is 7.68. The summed E-state index contributed by atoms with van der Waals surface area (Å²) in [4.78, 5) is 30.7. The first kappa shape index (κ1) is 21.5. The van der Waals surface area contributed by atoms with Gasteiger partial charge >= 0.3 is 0 Å². The Labute approximate surface area is 187 Å². The van der Waals surface area contributed by atoms with Gasteiger partial charge in [-0.25, -0.2) is 15.0 Å². The molecule has 0 N–H and O–H groups in total. The van der Waals surface area contributed by atoms with Crippen LogP contribution in [0.1, 0.15) is 48.7 Å². The number of carbonyl (C=O) groups excluding carboxylic acids is 1. The molecule has 0 radical (unpaired) electrons. The molecular weight excluding hydrogens is 402 g/mol. The first-order valence-electron chi connectivity index (χ1n) is 11.0. The minimum absolute atomic E-state index is 0.0447. The topological polar surface area (TPSA) is 89.7 Å². The van der Waals surface area contributed by atoms with Crippen LogP contribution in [0.25, 0.3) is 16.6 Å². The summed E-state index contributed by atoms with van der Waals surface area (Å²) in [7, 11) is 0. The molecule has 32 heavy (non-hydrogen) atoms. The van der Waals surface area contributed by atoms with E-state index in [-0.39, 0.29) is 11.9 Å². The van der Waals surface area contributed by atoms with Gasteiger partial charge in [-0.3, -0.25) is 4.79 Å². The van der Waals surface area contributed by atoms with E-state index in [1.54, 1.807) is 12.4 Å². The molecule has 1 amide bonds. The van der Waals surface area contributed by atoms with Gasteiger partial charge in [-0.1, -0.05) is 25.1 Å². The van der Waals surface area contributed by atoms with E-state index in [4.69, 9.17) is 0 Å². The van der Waals surface area contributed by atoms with Crippen LogP contribution in [0.3, 0.4) is 0 Å². The van der Waals surface area contributed by atoms with Crippen molar-refractivity contribution in [2.75, 3.05) is 6.54 Å². The summed E-state index contributed by atoms with van der Waals surface area (Å²) in [5, 5.41) is 9.40. The fraction of sp³-hybridized carbons (Fsp3) is 0.333. The van der Waals surface area contributed by atoms with E-state index < -0.39 is 0 Å². The number of hydrogen-bond acceptors (Lipinski definition) is 6. The Bertz CT molecular complexity index is 1210. The summed E-state index contributed by atoms with van der Waals surface area (Å²) in [6.07, 6.45) is 7.33. The van der Waals surface area contributed by atoms with E-state index in [0.717, 1.165) is 35.3 Å². The second-order valence-corrected chi connectivity index (χ2v) is 7.68. The quantitative estimate of drug-likeness (QED) is 0.423. The average molecular weight is 430 g/mol. The van der Waals surface area contributed by atoms with Crippen molar-refractivity contribution in [1.82, 2.24) is 34.8 Å². The van der Waals surface area contributed by atoms with Crippen LogP contribution in [0.15, 0.2) is 55.0 Å². The van der Waals surface area contributed by atoms with Crippen molar-refractivity contribution in [3.63, 3.8) is 0 Å². The molecule has 1 atom stereocenters. The van der Waals surface area contributed by atoms with Gasteiger partial charge in [-0.05, 0) is 44.9 Å². The Hall–Kier alpha value is -3.68. The SMILES string of the molecule is CC[C@@H](CCc1ncc2ccccc2n1)N(CC)C(=O)c1nc(C)ccc1-n1nccn1. The standard InChI is InChI=1S/C24H27N7O/c1-4-19(11-13-22-25-16-18-8-6-7-9-20(18)29-22)30(5-2)24(32)23-21(12-10-17(3)28-23)31-26-14-15-27-31/h6-10,12,14-16,19H,4-5,11,13H2,1-3H3/t19-/m0/s1. The number of amides is 1. The van der Waals surface area contributed by atoms with Gasteiger partial charge in [-0.2, -0.15) is 10.2 Å². The highest BCUT2D eigenvalue weighted by molar-refractivity contribution is 5.96. The third-order valence-electron chi connectivity index (χ3n) is 5.60. The molecule has 0 aliphatic rings. The van der Waals surface area contributed by atoms with Crippen molar-refractivity contribution in [1.29, 1.82) is 0 Å². The highest BCUT2D eigenvalue weighted by Crippen LogP contribution is 2.19. The van der Waals surface area contributed by atoms with Crippen LogP contribution in [-0.2, 0) is 6.42 Å². The Morgan fingerprint density at radius 1 is 1.06 bits per heavy atom. The molecule has 8 nitrogen and oxygen atoms in total. The van der Waals surface area contributed by atoms with Gasteiger partial charge in [0.25, 0.3) is 5.91 Å². The van der Waals surface area contributed by atoms with Gasteiger partial charge in [0.05, 0.1) is 17.9 Å². The molecule has 0 fully saturated rings. The van der Waals surface area contributed by atoms with Crippen molar-refractivity contribution in [3.8, 4) is 5.69 Å². The highest BCUT2D eigenvalue weighted by Gasteiger charge is 2.26. The summed E-state index contributed by atoms with van der Waals surface area (Å²) < 4.78 is 0. The van der Waals surface area contributed by atoms with E-state index in [1.807, 2.05) is 61.3 Å². The maximum atomic E-state index is 13.6. The van der Waals surface area contributed by atoms with Crippen molar-refractivity contribution < 1.29 is 4.79 Å². The van der Waals surface area contributed by atoms with E-state index in [1.165, 1.54) is 4.80 Å². The fourth-order valence-electron chi connectivity index (χ4n) is 3.92. The molecule has 0 aliphatic carbocycles. The molecule has 164 valence electrons. The van der Waals surface area contributed by atoms with Gasteiger partial charge in [0.1, 0.15) is 11.5 Å². The van der Waals surface area contributed by atoms with Crippen LogP contribution >= 0.6 is 0 Å². The molecule has 1 aromatic carbocycles. The summed E-state index contributed by atoms with van der Waals surface area (Å²) in [5.74, 6) is 0.676. The summed E-state index contributed by atoms with van der Waals surface area (Å²) in [6, 6.07) is 11.7. The minimum atomic E-state index is -0.116. The van der Waals surface area contributed by atoms with E-state index in [2.05, 4.69) is 32.1 Å². The van der Waals surface area contributed by atoms with Crippen molar-refractivity contribution in [2.24, 2.45) is 0 Å². The normalized spacial score (nSPS) is 12.1. The number of carbonyl (C=O) groups is 1. The van der Waals surface area contributed by atoms with E-state index >= 15 is 0 Å². The molecule has 4 rings (SSSR count). The third-order valence-corrected chi connectivity index (χ3v) is 5.60. The zero-order valence-corrected chi connectivity index (χ0v) is 18.6. The maximum Gasteiger partial charge on any atom is 0.275 e. The lowest BCUT2D eigenvalue weighted by molar-refractivity contribution is 0.0668. The first-order valence-corrected chi connectivity index (χ1v) is 11.0. The van der Waals surface area contributed by atoms with Crippen molar-refractivity contribution in [3.05, 3.63) is 72.2 Å². The largest absolute Gasteiger partial charge is 0.335 e. The van der Waals surface area contributed by atoms with E-state index in [9.17, 15) is 4.79 Å². The number of rotatable bonds is 8. The van der Waals surface area contributed by atoms with E-state index in [0.29, 0.717) is 24.3 Å². The van der Waals surface area contributed by atoms with Crippen LogP contribution in [0.5, 0.6) is 0 Å². The lowest BCUT2D eigenvalue weighted by Gasteiger charge is -2.30. The third kappa shape index (κ3) is 4.49. The molecule has 0 saturated heterocycles. The van der Waals surface area contributed by atoms with Gasteiger partial charge < -0.3 is 4.90 Å². The smallest absolute Gasteiger partial charge is 0.275 e. The lowest BCUT2D eigenvalue weighted by atomic mass is 10.1. The first-order chi connectivity index (χ1) is 15.6. The Kier molecular flexibility index (Phi) is 6.49. The number of fused-ring (bicyclic) bond motifs is 1. The molecular formula is C24H27N7O. The maximum absolute atomic E-state index is 13.6. The van der Waals surface area contributed by atoms with Crippen molar-refractivity contribution in [2.45, 2.75) is 46.1 Å². The number of aromatic nitrogens is 6. The summed E-state index contributed by atoms with van der Waals surface area (Å²) in [6.45, 7) is 6.55. The molecule has 8 heteroatoms. The number of aryl methyl sites for hydroxylation is 2. The predicted octanol–water partition coefficient (Wildman–Crippen LogP) is 3.79. The Morgan fingerprint density at radius 2 is 1.84 bits per heavy atom. The number of pyridine rings is 1. The molecule has 3 aromatic heterocycles. The zero-order chi connectivity index (χ0) is 22.5. The molecule has 0 spiro atoms. The summed E-state index contributed by atoms with van der Waals surface area (Å²) in [5.41, 5.74) is 2.66. The molecule has 4 aromatic rings. The number of para-hydroxylation sites is 1. The predicted molar refractivity (Wildman–Crippen MR) is 123 cm³/mol. The van der Waals surface area contributed by atoms with Gasteiger partial charge in [0.15, 0.2) is 5.69 Å².